The van der Waals surface area contributed by atoms with Gasteiger partial charge < -0.3 is 14.2 Å². The molecule has 7 nitrogen and oxygen atoms in total. The average Bonchev–Trinajstić information content (AvgIpc) is 3.59. The van der Waals surface area contributed by atoms with Gasteiger partial charge in [0.2, 0.25) is 0 Å². The number of halogens is 2. The van der Waals surface area contributed by atoms with Crippen molar-refractivity contribution in [3.8, 4) is 0 Å². The molecule has 3 atom stereocenters. The molecule has 9 heteroatoms. The molecule has 0 amide bonds. The van der Waals surface area contributed by atoms with Crippen LogP contribution in [-0.4, -0.2) is 50.5 Å². The smallest absolute Gasteiger partial charge is 0.339 e. The third kappa shape index (κ3) is 14.0. The largest absolute Gasteiger partial charge is 0.465 e. The quantitative estimate of drug-likeness (QED) is 0.132. The van der Waals surface area contributed by atoms with Crippen LogP contribution in [0.3, 0.4) is 0 Å². The Balaban J connectivity index is 0.000000772. The first-order valence-corrected chi connectivity index (χ1v) is 19.3. The second-order valence-corrected chi connectivity index (χ2v) is 14.0. The summed E-state index contributed by atoms with van der Waals surface area (Å²) in [7, 11) is 0. The Bertz CT molecular complexity index is 1910. The number of nitrogens with zero attached hydrogens (tertiary/aromatic N) is 1. The molecular weight excluding hydrogens is 713 g/mol. The molecule has 2 aliphatic carbocycles. The summed E-state index contributed by atoms with van der Waals surface area (Å²) in [4.78, 5) is 42.3. The van der Waals surface area contributed by atoms with E-state index in [0.29, 0.717) is 37.8 Å². The summed E-state index contributed by atoms with van der Waals surface area (Å²) >= 11 is 0. The zero-order valence-corrected chi connectivity index (χ0v) is 32.8. The number of hydrogen-bond acceptors (Lipinski definition) is 7. The van der Waals surface area contributed by atoms with Gasteiger partial charge in [-0.25, -0.2) is 13.6 Å². The monoisotopic (exact) mass is 765 g/mol. The third-order valence-electron chi connectivity index (χ3n) is 9.76. The molecule has 0 saturated carbocycles. The molecule has 0 fully saturated rings. The SMILES string of the molecule is CC1=CC=CCC=C1c1ccc(C(C)C(=O)OCCC(CCOC(=O)C2=CCCN=C2)CCOC(=O)C(C)c2ccc(C)cc2)c(F)c1.FC1=CC=CCC=C1. The molecule has 2 aromatic rings. The maximum absolute atomic E-state index is 15.3. The molecule has 3 unspecified atom stereocenters. The number of aliphatic imine (C=N–C) groups is 1. The van der Waals surface area contributed by atoms with Crippen LogP contribution in [0, 0.1) is 18.7 Å². The number of allylic oxidation sites excluding steroid dienone is 12. The van der Waals surface area contributed by atoms with Gasteiger partial charge in [-0.1, -0.05) is 90.6 Å². The normalized spacial score (nSPS) is 16.3. The zero-order valence-electron chi connectivity index (χ0n) is 32.8. The van der Waals surface area contributed by atoms with Gasteiger partial charge in [-0.2, -0.15) is 0 Å². The first-order chi connectivity index (χ1) is 27.0. The van der Waals surface area contributed by atoms with E-state index < -0.39 is 29.6 Å². The molecule has 2 aromatic carbocycles. The predicted molar refractivity (Wildman–Crippen MR) is 218 cm³/mol. The highest BCUT2D eigenvalue weighted by Gasteiger charge is 2.23. The lowest BCUT2D eigenvalue weighted by Gasteiger charge is -2.19. The van der Waals surface area contributed by atoms with Gasteiger partial charge in [0.05, 0.1) is 37.2 Å². The van der Waals surface area contributed by atoms with Gasteiger partial charge in [-0.3, -0.25) is 14.6 Å². The van der Waals surface area contributed by atoms with Crippen LogP contribution in [0.25, 0.3) is 5.57 Å². The molecule has 1 aliphatic heterocycles. The highest BCUT2D eigenvalue weighted by Crippen LogP contribution is 2.29. The summed E-state index contributed by atoms with van der Waals surface area (Å²) in [6.07, 6.45) is 23.5. The van der Waals surface area contributed by atoms with Crippen molar-refractivity contribution in [3.05, 3.63) is 148 Å². The van der Waals surface area contributed by atoms with Crippen molar-refractivity contribution in [1.82, 2.24) is 0 Å². The van der Waals surface area contributed by atoms with Gasteiger partial charge >= 0.3 is 17.9 Å². The van der Waals surface area contributed by atoms with Crippen molar-refractivity contribution in [3.63, 3.8) is 0 Å². The van der Waals surface area contributed by atoms with E-state index in [1.165, 1.54) is 24.4 Å². The highest BCUT2D eigenvalue weighted by atomic mass is 19.1. The lowest BCUT2D eigenvalue weighted by atomic mass is 9.94. The van der Waals surface area contributed by atoms with Crippen LogP contribution in [0.1, 0.15) is 93.4 Å². The van der Waals surface area contributed by atoms with Crippen molar-refractivity contribution in [2.75, 3.05) is 26.4 Å². The van der Waals surface area contributed by atoms with Crippen molar-refractivity contribution in [1.29, 1.82) is 0 Å². The van der Waals surface area contributed by atoms with Crippen molar-refractivity contribution < 1.29 is 37.4 Å². The number of carbonyl (C=O) groups excluding carboxylic acids is 3. The molecule has 0 radical (unpaired) electrons. The van der Waals surface area contributed by atoms with Crippen LogP contribution >= 0.6 is 0 Å². The average molecular weight is 766 g/mol. The molecule has 3 aliphatic rings. The summed E-state index contributed by atoms with van der Waals surface area (Å²) in [5.74, 6) is -3.17. The van der Waals surface area contributed by atoms with E-state index in [4.69, 9.17) is 14.2 Å². The van der Waals surface area contributed by atoms with Crippen molar-refractivity contribution >= 4 is 29.7 Å². The van der Waals surface area contributed by atoms with Gasteiger partial charge in [0.15, 0.2) is 0 Å². The van der Waals surface area contributed by atoms with E-state index in [0.717, 1.165) is 40.7 Å². The Labute approximate surface area is 329 Å². The number of hydrogen-bond donors (Lipinski definition) is 0. The molecule has 0 bridgehead atoms. The Morgan fingerprint density at radius 2 is 1.43 bits per heavy atom. The molecule has 1 heterocycles. The minimum Gasteiger partial charge on any atom is -0.465 e. The first kappa shape index (κ1) is 43.3. The number of dihydropyridines is 1. The molecule has 0 saturated heterocycles. The fourth-order valence-electron chi connectivity index (χ4n) is 6.17. The zero-order chi connectivity index (χ0) is 40.3. The van der Waals surface area contributed by atoms with Crippen molar-refractivity contribution in [2.24, 2.45) is 10.9 Å². The molecular formula is C47H53F2NO6. The maximum atomic E-state index is 15.3. The van der Waals surface area contributed by atoms with E-state index in [2.05, 4.69) is 11.1 Å². The van der Waals surface area contributed by atoms with Crippen LogP contribution in [0.5, 0.6) is 0 Å². The maximum Gasteiger partial charge on any atom is 0.339 e. The number of ether oxygens (including phenoxy) is 3. The van der Waals surface area contributed by atoms with Crippen LogP contribution in [0.4, 0.5) is 8.78 Å². The van der Waals surface area contributed by atoms with Gasteiger partial charge in [0.1, 0.15) is 11.6 Å². The fraction of sp³-hybridized carbons (Fsp3) is 0.362. The van der Waals surface area contributed by atoms with E-state index in [9.17, 15) is 18.8 Å². The number of esters is 3. The second kappa shape index (κ2) is 22.8. The molecule has 56 heavy (non-hydrogen) atoms. The summed E-state index contributed by atoms with van der Waals surface area (Å²) in [6.45, 7) is 8.51. The van der Waals surface area contributed by atoms with Crippen LogP contribution in [0.2, 0.25) is 0 Å². The van der Waals surface area contributed by atoms with Crippen LogP contribution in [0.15, 0.2) is 125 Å². The molecule has 0 aromatic heterocycles. The lowest BCUT2D eigenvalue weighted by Crippen LogP contribution is -2.20. The van der Waals surface area contributed by atoms with Crippen molar-refractivity contribution in [2.45, 2.75) is 78.1 Å². The van der Waals surface area contributed by atoms with Crippen LogP contribution in [-0.2, 0) is 28.6 Å². The topological polar surface area (TPSA) is 91.3 Å². The third-order valence-corrected chi connectivity index (χ3v) is 9.76. The number of carbonyl (C=O) groups is 3. The van der Waals surface area contributed by atoms with Gasteiger partial charge in [0, 0.05) is 18.3 Å². The lowest BCUT2D eigenvalue weighted by molar-refractivity contribution is -0.145. The van der Waals surface area contributed by atoms with Gasteiger partial charge in [-0.15, -0.1) is 0 Å². The van der Waals surface area contributed by atoms with E-state index >= 15 is 4.39 Å². The Morgan fingerprint density at radius 3 is 2.11 bits per heavy atom. The summed E-state index contributed by atoms with van der Waals surface area (Å²) in [6, 6.07) is 12.7. The fourth-order valence-corrected chi connectivity index (χ4v) is 6.17. The highest BCUT2D eigenvalue weighted by molar-refractivity contribution is 6.09. The van der Waals surface area contributed by atoms with E-state index in [1.54, 1.807) is 25.1 Å². The minimum absolute atomic E-state index is 0.0629. The number of aryl methyl sites for hydroxylation is 1. The first-order valence-electron chi connectivity index (χ1n) is 19.3. The number of rotatable bonds is 15. The Kier molecular flexibility index (Phi) is 17.6. The van der Waals surface area contributed by atoms with E-state index in [1.807, 2.05) is 81.5 Å². The summed E-state index contributed by atoms with van der Waals surface area (Å²) in [5.41, 5.74) is 5.48. The molecule has 5 rings (SSSR count). The summed E-state index contributed by atoms with van der Waals surface area (Å²) in [5, 5.41) is 0. The minimum atomic E-state index is -0.797. The molecule has 0 spiro atoms. The van der Waals surface area contributed by atoms with Crippen LogP contribution < -0.4 is 0 Å². The van der Waals surface area contributed by atoms with E-state index in [-0.39, 0.29) is 43.1 Å². The standard InChI is InChI=1S/C40H46FNO6.C7H7F/c1-27-12-14-32(15-13-27)29(3)38(43)46-22-18-31(20-24-48-40(45)34-10-8-21-42-26-34)19-23-47-39(44)30(4)36-17-16-33(25-37(36)41)35-11-7-5-6-9-28(35)2;8-7-5-3-1-2-4-6-7/h5-6,9-17,25-26,29-31H,7-8,18-24H2,1-4H3;1,3-6H,2H2. The van der Waals surface area contributed by atoms with Gasteiger partial charge in [0.25, 0.3) is 0 Å². The summed E-state index contributed by atoms with van der Waals surface area (Å²) < 4.78 is 44.1. The second-order valence-electron chi connectivity index (χ2n) is 14.0. The number of benzene rings is 2. The molecule has 296 valence electrons. The molecule has 0 N–H and O–H groups in total. The Morgan fingerprint density at radius 1 is 0.768 bits per heavy atom. The Hall–Kier alpha value is -5.44. The van der Waals surface area contributed by atoms with Gasteiger partial charge in [-0.05, 0) is 113 Å². The predicted octanol–water partition coefficient (Wildman–Crippen LogP) is 10.5.